The number of rotatable bonds is 8. The van der Waals surface area contributed by atoms with Crippen molar-refractivity contribution in [2.24, 2.45) is 5.41 Å². The maximum atomic E-state index is 13.3. The molecule has 0 amide bonds. The van der Waals surface area contributed by atoms with Crippen molar-refractivity contribution in [1.29, 1.82) is 0 Å². The molecule has 7 heteroatoms. The third-order valence-electron chi connectivity index (χ3n) is 3.92. The molecule has 1 aliphatic rings. The molecule has 5 nitrogen and oxygen atoms in total. The van der Waals surface area contributed by atoms with Crippen LogP contribution < -0.4 is 4.72 Å². The average Bonchev–Trinajstić information content (AvgIpc) is 3.24. The molecule has 0 atom stereocenters. The van der Waals surface area contributed by atoms with Crippen LogP contribution in [0.1, 0.15) is 24.8 Å². The second-order valence-electron chi connectivity index (χ2n) is 5.48. The van der Waals surface area contributed by atoms with E-state index in [9.17, 15) is 17.9 Å². The summed E-state index contributed by atoms with van der Waals surface area (Å²) >= 11 is 0. The Morgan fingerprint density at radius 1 is 1.43 bits per heavy atom. The first-order valence-electron chi connectivity index (χ1n) is 6.80. The molecule has 0 saturated heterocycles. The van der Waals surface area contributed by atoms with Gasteiger partial charge in [0, 0.05) is 20.3 Å². The lowest BCUT2D eigenvalue weighted by atomic mass is 10.0. The van der Waals surface area contributed by atoms with Gasteiger partial charge in [-0.1, -0.05) is 6.07 Å². The van der Waals surface area contributed by atoms with Gasteiger partial charge in [0.15, 0.2) is 0 Å². The minimum absolute atomic E-state index is 0.0459. The number of methoxy groups -OCH3 is 1. The molecule has 1 aliphatic carbocycles. The minimum atomic E-state index is -3.83. The standard InChI is InChI=1S/C14H20FNO4S/c1-20-7-6-14(4-5-14)10-16-21(18,19)13-8-12(15)3-2-11(13)9-17/h2-3,8,16-17H,4-7,9-10H2,1H3. The normalized spacial score (nSPS) is 16.9. The summed E-state index contributed by atoms with van der Waals surface area (Å²) in [5, 5.41) is 9.20. The largest absolute Gasteiger partial charge is 0.392 e. The summed E-state index contributed by atoms with van der Waals surface area (Å²) in [4.78, 5) is -0.201. The second-order valence-corrected chi connectivity index (χ2v) is 7.21. The average molecular weight is 317 g/mol. The molecule has 0 radical (unpaired) electrons. The van der Waals surface area contributed by atoms with Crippen LogP contribution in [0.15, 0.2) is 23.1 Å². The predicted molar refractivity (Wildman–Crippen MR) is 75.7 cm³/mol. The summed E-state index contributed by atoms with van der Waals surface area (Å²) in [6.07, 6.45) is 2.70. The summed E-state index contributed by atoms with van der Waals surface area (Å²) in [5.41, 5.74) is 0.140. The zero-order valence-corrected chi connectivity index (χ0v) is 12.7. The van der Waals surface area contributed by atoms with Gasteiger partial charge >= 0.3 is 0 Å². The van der Waals surface area contributed by atoms with E-state index in [4.69, 9.17) is 4.74 Å². The minimum Gasteiger partial charge on any atom is -0.392 e. The smallest absolute Gasteiger partial charge is 0.241 e. The first-order chi connectivity index (χ1) is 9.92. The van der Waals surface area contributed by atoms with Crippen LogP contribution in [0.25, 0.3) is 0 Å². The maximum Gasteiger partial charge on any atom is 0.241 e. The molecule has 0 bridgehead atoms. The summed E-state index contributed by atoms with van der Waals surface area (Å²) < 4.78 is 45.4. The van der Waals surface area contributed by atoms with E-state index >= 15 is 0 Å². The van der Waals surface area contributed by atoms with Gasteiger partial charge in [-0.3, -0.25) is 0 Å². The molecule has 0 aliphatic heterocycles. The fourth-order valence-electron chi connectivity index (χ4n) is 2.25. The Labute approximate surface area is 124 Å². The van der Waals surface area contributed by atoms with Crippen LogP contribution in [0.5, 0.6) is 0 Å². The molecule has 1 fully saturated rings. The molecular weight excluding hydrogens is 297 g/mol. The Hall–Kier alpha value is -1.02. The summed E-state index contributed by atoms with van der Waals surface area (Å²) in [6.45, 7) is 0.439. The molecule has 0 aromatic heterocycles. The van der Waals surface area contributed by atoms with Gasteiger partial charge in [0.25, 0.3) is 0 Å². The molecule has 21 heavy (non-hydrogen) atoms. The number of hydrogen-bond acceptors (Lipinski definition) is 4. The van der Waals surface area contributed by atoms with Crippen molar-refractivity contribution in [3.8, 4) is 0 Å². The van der Waals surface area contributed by atoms with Gasteiger partial charge in [-0.2, -0.15) is 0 Å². The van der Waals surface area contributed by atoms with E-state index in [1.54, 1.807) is 7.11 Å². The van der Waals surface area contributed by atoms with Crippen molar-refractivity contribution in [2.75, 3.05) is 20.3 Å². The van der Waals surface area contributed by atoms with Crippen molar-refractivity contribution < 1.29 is 22.7 Å². The van der Waals surface area contributed by atoms with Crippen LogP contribution in [0.4, 0.5) is 4.39 Å². The molecule has 1 saturated carbocycles. The fraction of sp³-hybridized carbons (Fsp3) is 0.571. The van der Waals surface area contributed by atoms with Gasteiger partial charge in [0.05, 0.1) is 11.5 Å². The Morgan fingerprint density at radius 3 is 2.71 bits per heavy atom. The van der Waals surface area contributed by atoms with Crippen molar-refractivity contribution in [3.05, 3.63) is 29.6 Å². The van der Waals surface area contributed by atoms with Gasteiger partial charge in [-0.15, -0.1) is 0 Å². The third kappa shape index (κ3) is 4.00. The number of ether oxygens (including phenoxy) is 1. The van der Waals surface area contributed by atoms with E-state index in [0.717, 1.165) is 31.4 Å². The van der Waals surface area contributed by atoms with E-state index < -0.39 is 22.4 Å². The van der Waals surface area contributed by atoms with Crippen LogP contribution in [-0.2, 0) is 21.4 Å². The van der Waals surface area contributed by atoms with Crippen molar-refractivity contribution in [3.63, 3.8) is 0 Å². The number of nitrogens with one attached hydrogen (secondary N) is 1. The first kappa shape index (κ1) is 16.4. The number of hydrogen-bond donors (Lipinski definition) is 2. The van der Waals surface area contributed by atoms with Crippen molar-refractivity contribution in [1.82, 2.24) is 4.72 Å². The SMILES string of the molecule is COCCC1(CNS(=O)(=O)c2cc(F)ccc2CO)CC1. The fourth-order valence-corrected chi connectivity index (χ4v) is 3.64. The Bertz CT molecular complexity index is 599. The third-order valence-corrected chi connectivity index (χ3v) is 5.40. The van der Waals surface area contributed by atoms with Crippen molar-refractivity contribution >= 4 is 10.0 Å². The molecule has 1 aromatic rings. The van der Waals surface area contributed by atoms with Crippen LogP contribution >= 0.6 is 0 Å². The lowest BCUT2D eigenvalue weighted by Gasteiger charge is -2.16. The van der Waals surface area contributed by atoms with Gasteiger partial charge in [0.1, 0.15) is 5.82 Å². The molecule has 118 valence electrons. The second kappa shape index (κ2) is 6.39. The zero-order chi connectivity index (χ0) is 15.5. The topological polar surface area (TPSA) is 75.6 Å². The van der Waals surface area contributed by atoms with Crippen LogP contribution in [0, 0.1) is 11.2 Å². The van der Waals surface area contributed by atoms with E-state index in [1.165, 1.54) is 6.07 Å². The van der Waals surface area contributed by atoms with Crippen LogP contribution in [-0.4, -0.2) is 33.8 Å². The molecule has 0 heterocycles. The highest BCUT2D eigenvalue weighted by Crippen LogP contribution is 2.48. The Morgan fingerprint density at radius 2 is 2.14 bits per heavy atom. The lowest BCUT2D eigenvalue weighted by molar-refractivity contribution is 0.173. The number of sulfonamides is 1. The highest BCUT2D eigenvalue weighted by molar-refractivity contribution is 7.89. The monoisotopic (exact) mass is 317 g/mol. The van der Waals surface area contributed by atoms with E-state index in [0.29, 0.717) is 13.2 Å². The number of aliphatic hydroxyl groups is 1. The van der Waals surface area contributed by atoms with Crippen molar-refractivity contribution in [2.45, 2.75) is 30.8 Å². The van der Waals surface area contributed by atoms with Crippen LogP contribution in [0.2, 0.25) is 0 Å². The van der Waals surface area contributed by atoms with Gasteiger partial charge in [0.2, 0.25) is 10.0 Å². The number of halogens is 1. The maximum absolute atomic E-state index is 13.3. The van der Waals surface area contributed by atoms with Crippen LogP contribution in [0.3, 0.4) is 0 Å². The molecule has 0 spiro atoms. The Balaban J connectivity index is 2.10. The quantitative estimate of drug-likeness (QED) is 0.760. The van der Waals surface area contributed by atoms with Gasteiger partial charge in [-0.25, -0.2) is 17.5 Å². The van der Waals surface area contributed by atoms with Gasteiger partial charge < -0.3 is 9.84 Å². The molecule has 2 N–H and O–H groups in total. The van der Waals surface area contributed by atoms with E-state index in [2.05, 4.69) is 4.72 Å². The molecule has 0 unspecified atom stereocenters. The number of aliphatic hydroxyl groups excluding tert-OH is 1. The summed E-state index contributed by atoms with van der Waals surface area (Å²) in [6, 6.07) is 3.34. The molecule has 2 rings (SSSR count). The van der Waals surface area contributed by atoms with E-state index in [-0.39, 0.29) is 15.9 Å². The number of benzene rings is 1. The zero-order valence-electron chi connectivity index (χ0n) is 11.9. The van der Waals surface area contributed by atoms with Gasteiger partial charge in [-0.05, 0) is 42.4 Å². The highest BCUT2D eigenvalue weighted by atomic mass is 32.2. The Kier molecular flexibility index (Phi) is 4.98. The first-order valence-corrected chi connectivity index (χ1v) is 8.29. The molecular formula is C14H20FNO4S. The lowest BCUT2D eigenvalue weighted by Crippen LogP contribution is -2.31. The highest BCUT2D eigenvalue weighted by Gasteiger charge is 2.42. The predicted octanol–water partition coefficient (Wildman–Crippen LogP) is 1.41. The molecule has 1 aromatic carbocycles. The summed E-state index contributed by atoms with van der Waals surface area (Å²) in [7, 11) is -2.22. The summed E-state index contributed by atoms with van der Waals surface area (Å²) in [5.74, 6) is -0.645. The van der Waals surface area contributed by atoms with E-state index in [1.807, 2.05) is 0 Å².